The average molecular weight is 348 g/mol. The zero-order valence-corrected chi connectivity index (χ0v) is 11.9. The van der Waals surface area contributed by atoms with Crippen molar-refractivity contribution in [2.75, 3.05) is 7.05 Å². The second-order valence-electron chi connectivity index (χ2n) is 4.15. The van der Waals surface area contributed by atoms with Gasteiger partial charge in [0, 0.05) is 10.0 Å². The van der Waals surface area contributed by atoms with Gasteiger partial charge >= 0.3 is 0 Å². The van der Waals surface area contributed by atoms with Crippen molar-refractivity contribution in [1.82, 2.24) is 5.32 Å². The first kappa shape index (κ1) is 15.0. The molecule has 0 radical (unpaired) electrons. The van der Waals surface area contributed by atoms with Crippen molar-refractivity contribution >= 4 is 15.9 Å². The summed E-state index contributed by atoms with van der Waals surface area (Å²) < 4.78 is 54.0. The molecule has 0 bridgehead atoms. The summed E-state index contributed by atoms with van der Waals surface area (Å²) in [6.45, 7) is 0. The molecule has 0 saturated heterocycles. The number of rotatable bonds is 3. The van der Waals surface area contributed by atoms with E-state index in [1.165, 1.54) is 25.2 Å². The number of hydrogen-bond donors (Lipinski definition) is 1. The van der Waals surface area contributed by atoms with Crippen molar-refractivity contribution in [3.63, 3.8) is 0 Å². The van der Waals surface area contributed by atoms with Gasteiger partial charge in [-0.25, -0.2) is 17.6 Å². The fourth-order valence-corrected chi connectivity index (χ4v) is 2.45. The van der Waals surface area contributed by atoms with Crippen molar-refractivity contribution in [3.05, 3.63) is 69.2 Å². The minimum atomic E-state index is -1.55. The van der Waals surface area contributed by atoms with Crippen molar-refractivity contribution < 1.29 is 17.6 Å². The van der Waals surface area contributed by atoms with Crippen molar-refractivity contribution in [1.29, 1.82) is 0 Å². The van der Waals surface area contributed by atoms with Crippen molar-refractivity contribution in [3.8, 4) is 0 Å². The van der Waals surface area contributed by atoms with Gasteiger partial charge in [0.05, 0.1) is 6.04 Å². The second-order valence-corrected chi connectivity index (χ2v) is 5.01. The Morgan fingerprint density at radius 2 is 1.65 bits per heavy atom. The van der Waals surface area contributed by atoms with Gasteiger partial charge in [0.15, 0.2) is 17.5 Å². The molecular weight excluding hydrogens is 338 g/mol. The van der Waals surface area contributed by atoms with Gasteiger partial charge < -0.3 is 5.32 Å². The van der Waals surface area contributed by atoms with E-state index < -0.39 is 29.3 Å². The van der Waals surface area contributed by atoms with E-state index in [-0.39, 0.29) is 5.56 Å². The number of benzene rings is 2. The average Bonchev–Trinajstić information content (AvgIpc) is 2.43. The normalized spacial score (nSPS) is 12.5. The minimum Gasteiger partial charge on any atom is -0.309 e. The monoisotopic (exact) mass is 347 g/mol. The van der Waals surface area contributed by atoms with Crippen LogP contribution in [0, 0.1) is 23.3 Å². The van der Waals surface area contributed by atoms with Crippen LogP contribution in [-0.4, -0.2) is 7.05 Å². The molecule has 2 aromatic rings. The van der Waals surface area contributed by atoms with Gasteiger partial charge in [-0.3, -0.25) is 0 Å². The van der Waals surface area contributed by atoms with Crippen molar-refractivity contribution in [2.45, 2.75) is 6.04 Å². The highest BCUT2D eigenvalue weighted by Gasteiger charge is 2.23. The lowest BCUT2D eigenvalue weighted by molar-refractivity contribution is 0.435. The molecule has 0 saturated carbocycles. The fourth-order valence-electron chi connectivity index (χ4n) is 1.98. The van der Waals surface area contributed by atoms with Crippen LogP contribution in [0.5, 0.6) is 0 Å². The first-order valence-corrected chi connectivity index (χ1v) is 6.50. The van der Waals surface area contributed by atoms with E-state index in [4.69, 9.17) is 0 Å². The van der Waals surface area contributed by atoms with Crippen LogP contribution in [0.1, 0.15) is 17.2 Å². The Bertz CT molecular complexity index is 645. The Kier molecular flexibility index (Phi) is 4.45. The van der Waals surface area contributed by atoms with Crippen LogP contribution in [0.15, 0.2) is 34.8 Å². The van der Waals surface area contributed by atoms with Crippen LogP contribution in [0.4, 0.5) is 17.6 Å². The number of halogens is 5. The third kappa shape index (κ3) is 2.71. The molecule has 0 aliphatic heterocycles. The van der Waals surface area contributed by atoms with Gasteiger partial charge in [-0.05, 0) is 36.9 Å². The summed E-state index contributed by atoms with van der Waals surface area (Å²) in [6, 6.07) is 5.06. The van der Waals surface area contributed by atoms with E-state index in [1.807, 2.05) is 0 Å². The smallest absolute Gasteiger partial charge is 0.194 e. The summed E-state index contributed by atoms with van der Waals surface area (Å²) in [7, 11) is 1.52. The molecule has 0 heterocycles. The molecule has 106 valence electrons. The van der Waals surface area contributed by atoms with Crippen LogP contribution in [0.3, 0.4) is 0 Å². The molecule has 1 N–H and O–H groups in total. The predicted molar refractivity (Wildman–Crippen MR) is 71.3 cm³/mol. The van der Waals surface area contributed by atoms with Gasteiger partial charge in [-0.15, -0.1) is 0 Å². The number of hydrogen-bond acceptors (Lipinski definition) is 1. The van der Waals surface area contributed by atoms with Gasteiger partial charge in [-0.2, -0.15) is 0 Å². The maximum atomic E-state index is 13.9. The zero-order chi connectivity index (χ0) is 14.9. The summed E-state index contributed by atoms with van der Waals surface area (Å²) in [5.41, 5.74) is 0.287. The molecule has 0 aromatic heterocycles. The largest absolute Gasteiger partial charge is 0.309 e. The topological polar surface area (TPSA) is 12.0 Å². The summed E-state index contributed by atoms with van der Waals surface area (Å²) in [5.74, 6) is -4.61. The van der Waals surface area contributed by atoms with E-state index in [0.29, 0.717) is 10.0 Å². The lowest BCUT2D eigenvalue weighted by Crippen LogP contribution is -2.20. The first-order valence-electron chi connectivity index (χ1n) is 5.71. The molecule has 20 heavy (non-hydrogen) atoms. The molecule has 0 amide bonds. The van der Waals surface area contributed by atoms with Gasteiger partial charge in [-0.1, -0.05) is 22.0 Å². The standard InChI is InChI=1S/C14H10BrF4N/c1-20-14(9-6-7(16)2-4-10(9)15)8-3-5-11(17)13(19)12(8)18/h2-6,14,20H,1H3. The van der Waals surface area contributed by atoms with Crippen LogP contribution in [-0.2, 0) is 0 Å². The molecule has 1 atom stereocenters. The maximum Gasteiger partial charge on any atom is 0.194 e. The molecular formula is C14H10BrF4N. The summed E-state index contributed by atoms with van der Waals surface area (Å²) in [6.07, 6.45) is 0. The molecule has 6 heteroatoms. The molecule has 0 spiro atoms. The van der Waals surface area contributed by atoms with E-state index in [9.17, 15) is 17.6 Å². The Morgan fingerprint density at radius 1 is 0.950 bits per heavy atom. The molecule has 1 nitrogen and oxygen atoms in total. The minimum absolute atomic E-state index is 0.0994. The first-order chi connectivity index (χ1) is 9.45. The third-order valence-electron chi connectivity index (χ3n) is 2.93. The quantitative estimate of drug-likeness (QED) is 0.644. The second kappa shape index (κ2) is 5.93. The fraction of sp³-hybridized carbons (Fsp3) is 0.143. The Hall–Kier alpha value is -1.40. The third-order valence-corrected chi connectivity index (χ3v) is 3.66. The summed E-state index contributed by atoms with van der Waals surface area (Å²) in [5, 5.41) is 2.76. The van der Waals surface area contributed by atoms with Crippen molar-refractivity contribution in [2.24, 2.45) is 0 Å². The summed E-state index contributed by atoms with van der Waals surface area (Å²) in [4.78, 5) is 0. The Labute approximate surface area is 121 Å². The van der Waals surface area contributed by atoms with E-state index in [0.717, 1.165) is 12.1 Å². The highest BCUT2D eigenvalue weighted by molar-refractivity contribution is 9.10. The van der Waals surface area contributed by atoms with Gasteiger partial charge in [0.1, 0.15) is 5.82 Å². The molecule has 1 unspecified atom stereocenters. The van der Waals surface area contributed by atoms with Crippen LogP contribution in [0.2, 0.25) is 0 Å². The number of nitrogens with one attached hydrogen (secondary N) is 1. The molecule has 0 aliphatic carbocycles. The SMILES string of the molecule is CNC(c1cc(F)ccc1Br)c1ccc(F)c(F)c1F. The van der Waals surface area contributed by atoms with E-state index in [1.54, 1.807) is 0 Å². The Balaban J connectivity index is 2.58. The van der Waals surface area contributed by atoms with Gasteiger partial charge in [0.25, 0.3) is 0 Å². The Morgan fingerprint density at radius 3 is 2.30 bits per heavy atom. The highest BCUT2D eigenvalue weighted by atomic mass is 79.9. The highest BCUT2D eigenvalue weighted by Crippen LogP contribution is 2.31. The lowest BCUT2D eigenvalue weighted by atomic mass is 9.98. The molecule has 0 fully saturated rings. The van der Waals surface area contributed by atoms with Crippen LogP contribution in [0.25, 0.3) is 0 Å². The predicted octanol–water partition coefficient (Wildman–Crippen LogP) is 4.31. The lowest BCUT2D eigenvalue weighted by Gasteiger charge is -2.19. The van der Waals surface area contributed by atoms with E-state index >= 15 is 0 Å². The van der Waals surface area contributed by atoms with Crippen LogP contribution >= 0.6 is 15.9 Å². The maximum absolute atomic E-state index is 13.9. The molecule has 2 aromatic carbocycles. The van der Waals surface area contributed by atoms with Gasteiger partial charge in [0.2, 0.25) is 0 Å². The van der Waals surface area contributed by atoms with Crippen LogP contribution < -0.4 is 5.32 Å². The zero-order valence-electron chi connectivity index (χ0n) is 10.4. The molecule has 0 aliphatic rings. The van der Waals surface area contributed by atoms with E-state index in [2.05, 4.69) is 21.2 Å². The molecule has 2 rings (SSSR count). The summed E-state index contributed by atoms with van der Waals surface area (Å²) >= 11 is 3.23.